The third kappa shape index (κ3) is 2.91. The van der Waals surface area contributed by atoms with Crippen molar-refractivity contribution >= 4 is 5.91 Å². The highest BCUT2D eigenvalue weighted by Crippen LogP contribution is 2.34. The number of alkyl halides is 2. The summed E-state index contributed by atoms with van der Waals surface area (Å²) in [7, 11) is 0. The third-order valence-corrected chi connectivity index (χ3v) is 2.16. The Labute approximate surface area is 75.7 Å². The molecule has 0 aromatic carbocycles. The van der Waals surface area contributed by atoms with Gasteiger partial charge in [0.25, 0.3) is 0 Å². The SMILES string of the molecule is C[C@H](N)C(=O)NC1CCC(F)(F)C1. The summed E-state index contributed by atoms with van der Waals surface area (Å²) in [5, 5.41) is 2.49. The van der Waals surface area contributed by atoms with E-state index in [-0.39, 0.29) is 18.7 Å². The topological polar surface area (TPSA) is 55.1 Å². The monoisotopic (exact) mass is 192 g/mol. The molecular formula is C8H14F2N2O. The van der Waals surface area contributed by atoms with Crippen LogP contribution in [0.4, 0.5) is 8.78 Å². The fourth-order valence-electron chi connectivity index (χ4n) is 1.41. The highest BCUT2D eigenvalue weighted by molar-refractivity contribution is 5.81. The summed E-state index contributed by atoms with van der Waals surface area (Å²) < 4.78 is 25.3. The molecule has 0 aliphatic heterocycles. The first-order valence-corrected chi connectivity index (χ1v) is 4.34. The molecular weight excluding hydrogens is 178 g/mol. The largest absolute Gasteiger partial charge is 0.352 e. The molecule has 1 saturated carbocycles. The number of carbonyl (C=O) groups excluding carboxylic acids is 1. The lowest BCUT2D eigenvalue weighted by Crippen LogP contribution is -2.43. The summed E-state index contributed by atoms with van der Waals surface area (Å²) in [5.74, 6) is -2.97. The van der Waals surface area contributed by atoms with Crippen molar-refractivity contribution in [2.45, 2.75) is 44.2 Å². The van der Waals surface area contributed by atoms with Crippen molar-refractivity contribution in [2.75, 3.05) is 0 Å². The quantitative estimate of drug-likeness (QED) is 0.674. The zero-order valence-corrected chi connectivity index (χ0v) is 7.52. The van der Waals surface area contributed by atoms with Gasteiger partial charge in [-0.25, -0.2) is 8.78 Å². The van der Waals surface area contributed by atoms with Crippen molar-refractivity contribution in [1.29, 1.82) is 0 Å². The number of halogens is 2. The second-order valence-corrected chi connectivity index (χ2v) is 3.59. The second-order valence-electron chi connectivity index (χ2n) is 3.59. The molecule has 76 valence electrons. The minimum Gasteiger partial charge on any atom is -0.352 e. The molecule has 0 radical (unpaired) electrons. The zero-order chi connectivity index (χ0) is 10.1. The van der Waals surface area contributed by atoms with Crippen molar-refractivity contribution < 1.29 is 13.6 Å². The van der Waals surface area contributed by atoms with Gasteiger partial charge >= 0.3 is 0 Å². The molecule has 3 N–H and O–H groups in total. The third-order valence-electron chi connectivity index (χ3n) is 2.16. The molecule has 1 unspecified atom stereocenters. The van der Waals surface area contributed by atoms with Gasteiger partial charge in [0.15, 0.2) is 0 Å². The lowest BCUT2D eigenvalue weighted by molar-refractivity contribution is -0.122. The highest BCUT2D eigenvalue weighted by atomic mass is 19.3. The van der Waals surface area contributed by atoms with Gasteiger partial charge in [0.05, 0.1) is 6.04 Å². The average Bonchev–Trinajstić information content (AvgIpc) is 2.30. The fraction of sp³-hybridized carbons (Fsp3) is 0.875. The lowest BCUT2D eigenvalue weighted by atomic mass is 10.2. The molecule has 0 bridgehead atoms. The minimum atomic E-state index is -2.62. The number of rotatable bonds is 2. The first kappa shape index (κ1) is 10.4. The van der Waals surface area contributed by atoms with Crippen LogP contribution in [0.25, 0.3) is 0 Å². The molecule has 0 heterocycles. The van der Waals surface area contributed by atoms with Gasteiger partial charge in [0.1, 0.15) is 0 Å². The minimum absolute atomic E-state index is 0.142. The van der Waals surface area contributed by atoms with E-state index in [0.717, 1.165) is 0 Å². The van der Waals surface area contributed by atoms with E-state index in [0.29, 0.717) is 6.42 Å². The van der Waals surface area contributed by atoms with Crippen molar-refractivity contribution in [3.63, 3.8) is 0 Å². The average molecular weight is 192 g/mol. The summed E-state index contributed by atoms with van der Waals surface area (Å²) >= 11 is 0. The Morgan fingerprint density at radius 1 is 1.69 bits per heavy atom. The molecule has 0 saturated heterocycles. The number of hydrogen-bond acceptors (Lipinski definition) is 2. The number of carbonyl (C=O) groups is 1. The first-order chi connectivity index (χ1) is 5.91. The first-order valence-electron chi connectivity index (χ1n) is 4.34. The van der Waals surface area contributed by atoms with E-state index < -0.39 is 18.0 Å². The summed E-state index contributed by atoms with van der Waals surface area (Å²) in [6.07, 6.45) is -0.0617. The van der Waals surface area contributed by atoms with Gasteiger partial charge in [-0.2, -0.15) is 0 Å². The molecule has 5 heteroatoms. The van der Waals surface area contributed by atoms with Crippen molar-refractivity contribution in [1.82, 2.24) is 5.32 Å². The maximum absolute atomic E-state index is 12.7. The van der Waals surface area contributed by atoms with Crippen LogP contribution in [-0.2, 0) is 4.79 Å². The van der Waals surface area contributed by atoms with E-state index in [1.807, 2.05) is 0 Å². The fourth-order valence-corrected chi connectivity index (χ4v) is 1.41. The molecule has 1 rings (SSSR count). The van der Waals surface area contributed by atoms with Crippen LogP contribution in [0, 0.1) is 0 Å². The Morgan fingerprint density at radius 2 is 2.31 bits per heavy atom. The van der Waals surface area contributed by atoms with Crippen LogP contribution in [0.15, 0.2) is 0 Å². The number of nitrogens with one attached hydrogen (secondary N) is 1. The van der Waals surface area contributed by atoms with Gasteiger partial charge in [-0.15, -0.1) is 0 Å². The Morgan fingerprint density at radius 3 is 2.69 bits per heavy atom. The molecule has 0 spiro atoms. The Balaban J connectivity index is 2.37. The molecule has 1 aliphatic rings. The number of hydrogen-bond donors (Lipinski definition) is 2. The van der Waals surface area contributed by atoms with E-state index in [9.17, 15) is 13.6 Å². The normalized spacial score (nSPS) is 28.5. The lowest BCUT2D eigenvalue weighted by Gasteiger charge is -2.14. The van der Waals surface area contributed by atoms with Crippen LogP contribution in [0.3, 0.4) is 0 Å². The zero-order valence-electron chi connectivity index (χ0n) is 7.52. The van der Waals surface area contributed by atoms with Crippen LogP contribution < -0.4 is 11.1 Å². The molecule has 0 aromatic rings. The Kier molecular flexibility index (Phi) is 2.85. The van der Waals surface area contributed by atoms with E-state index in [1.165, 1.54) is 6.92 Å². The van der Waals surface area contributed by atoms with E-state index in [4.69, 9.17) is 5.73 Å². The molecule has 1 fully saturated rings. The van der Waals surface area contributed by atoms with Gasteiger partial charge in [0.2, 0.25) is 11.8 Å². The Bertz CT molecular complexity index is 206. The van der Waals surface area contributed by atoms with E-state index >= 15 is 0 Å². The van der Waals surface area contributed by atoms with E-state index in [1.54, 1.807) is 0 Å². The maximum atomic E-state index is 12.7. The van der Waals surface area contributed by atoms with Gasteiger partial charge in [-0.1, -0.05) is 0 Å². The van der Waals surface area contributed by atoms with Crippen LogP contribution in [0.5, 0.6) is 0 Å². The molecule has 3 nitrogen and oxygen atoms in total. The van der Waals surface area contributed by atoms with Crippen LogP contribution in [0.1, 0.15) is 26.2 Å². The van der Waals surface area contributed by atoms with Gasteiger partial charge < -0.3 is 11.1 Å². The Hall–Kier alpha value is -0.710. The van der Waals surface area contributed by atoms with Gasteiger partial charge in [-0.05, 0) is 13.3 Å². The summed E-state index contributed by atoms with van der Waals surface area (Å²) in [5.41, 5.74) is 5.28. The molecule has 1 amide bonds. The number of nitrogens with two attached hydrogens (primary N) is 1. The molecule has 13 heavy (non-hydrogen) atoms. The summed E-state index contributed by atoms with van der Waals surface area (Å²) in [4.78, 5) is 11.0. The predicted octanol–water partition coefficient (Wildman–Crippen LogP) is 0.638. The summed E-state index contributed by atoms with van der Waals surface area (Å²) in [6.45, 7) is 1.53. The molecule has 0 aromatic heterocycles. The van der Waals surface area contributed by atoms with Crippen molar-refractivity contribution in [2.24, 2.45) is 5.73 Å². The number of amides is 1. The van der Waals surface area contributed by atoms with Gasteiger partial charge in [-0.3, -0.25) is 4.79 Å². The van der Waals surface area contributed by atoms with Crippen molar-refractivity contribution in [3.05, 3.63) is 0 Å². The summed E-state index contributed by atoms with van der Waals surface area (Å²) in [6, 6.07) is -1.04. The van der Waals surface area contributed by atoms with Crippen LogP contribution in [0.2, 0.25) is 0 Å². The smallest absolute Gasteiger partial charge is 0.250 e. The predicted molar refractivity (Wildman–Crippen MR) is 44.4 cm³/mol. The standard InChI is InChI=1S/C8H14F2N2O/c1-5(11)7(13)12-6-2-3-8(9,10)4-6/h5-6H,2-4,11H2,1H3,(H,12,13)/t5-,6?/m0/s1. The van der Waals surface area contributed by atoms with Crippen LogP contribution >= 0.6 is 0 Å². The van der Waals surface area contributed by atoms with Crippen molar-refractivity contribution in [3.8, 4) is 0 Å². The maximum Gasteiger partial charge on any atom is 0.250 e. The van der Waals surface area contributed by atoms with Crippen LogP contribution in [-0.4, -0.2) is 23.9 Å². The van der Waals surface area contributed by atoms with E-state index in [2.05, 4.69) is 5.32 Å². The molecule has 1 aliphatic carbocycles. The second kappa shape index (κ2) is 3.57. The molecule has 2 atom stereocenters. The highest BCUT2D eigenvalue weighted by Gasteiger charge is 2.40. The van der Waals surface area contributed by atoms with Gasteiger partial charge in [0, 0.05) is 18.9 Å².